The minimum absolute atomic E-state index is 0.0418. The summed E-state index contributed by atoms with van der Waals surface area (Å²) < 4.78 is 5.97. The lowest BCUT2D eigenvalue weighted by atomic mass is 10.3. The molecule has 17 heavy (non-hydrogen) atoms. The van der Waals surface area contributed by atoms with E-state index in [1.807, 2.05) is 0 Å². The third kappa shape index (κ3) is 2.64. The Hall–Kier alpha value is -1.41. The van der Waals surface area contributed by atoms with Crippen LogP contribution in [0.2, 0.25) is 0 Å². The van der Waals surface area contributed by atoms with E-state index < -0.39 is 5.91 Å². The molecular formula is C9H6Br2N4O2. The minimum Gasteiger partial charge on any atom is -0.379 e. The first-order valence-corrected chi connectivity index (χ1v) is 6.01. The van der Waals surface area contributed by atoms with Gasteiger partial charge in [0, 0.05) is 8.95 Å². The maximum atomic E-state index is 11.7. The Morgan fingerprint density at radius 2 is 2.12 bits per heavy atom. The van der Waals surface area contributed by atoms with Gasteiger partial charge in [-0.05, 0) is 44.4 Å². The van der Waals surface area contributed by atoms with Crippen molar-refractivity contribution in [3.05, 3.63) is 32.8 Å². The van der Waals surface area contributed by atoms with Gasteiger partial charge in [-0.15, -0.1) is 0 Å². The van der Waals surface area contributed by atoms with Gasteiger partial charge in [0.1, 0.15) is 0 Å². The highest BCUT2D eigenvalue weighted by molar-refractivity contribution is 9.11. The molecule has 0 unspecified atom stereocenters. The van der Waals surface area contributed by atoms with Crippen molar-refractivity contribution in [1.82, 2.24) is 10.3 Å². The molecule has 0 aliphatic heterocycles. The number of halogens is 2. The molecule has 0 fully saturated rings. The van der Waals surface area contributed by atoms with E-state index in [1.165, 1.54) is 0 Å². The lowest BCUT2D eigenvalue weighted by molar-refractivity contribution is 0.101. The highest BCUT2D eigenvalue weighted by Gasteiger charge is 2.16. The number of rotatable bonds is 2. The number of carbonyl (C=O) groups excluding carboxylic acids is 1. The number of nitrogens with zero attached hydrogens (tertiary/aromatic N) is 2. The first-order chi connectivity index (χ1) is 8.08. The predicted octanol–water partition coefficient (Wildman–Crippen LogP) is 2.43. The van der Waals surface area contributed by atoms with Crippen LogP contribution in [0.4, 0.5) is 11.5 Å². The highest BCUT2D eigenvalue weighted by Crippen LogP contribution is 2.26. The van der Waals surface area contributed by atoms with Gasteiger partial charge in [-0.3, -0.25) is 4.79 Å². The number of amides is 1. The van der Waals surface area contributed by atoms with Crippen LogP contribution in [0, 0.1) is 0 Å². The van der Waals surface area contributed by atoms with Gasteiger partial charge in [0.2, 0.25) is 11.5 Å². The zero-order chi connectivity index (χ0) is 12.4. The molecule has 0 aliphatic rings. The van der Waals surface area contributed by atoms with Crippen LogP contribution < -0.4 is 11.1 Å². The molecule has 2 rings (SSSR count). The van der Waals surface area contributed by atoms with Crippen LogP contribution in [0.15, 0.2) is 31.8 Å². The van der Waals surface area contributed by atoms with Crippen molar-refractivity contribution in [2.75, 3.05) is 11.1 Å². The Balaban J connectivity index is 2.22. The second kappa shape index (κ2) is 4.84. The lowest BCUT2D eigenvalue weighted by Crippen LogP contribution is -2.14. The summed E-state index contributed by atoms with van der Waals surface area (Å²) in [5.41, 5.74) is 5.97. The van der Waals surface area contributed by atoms with E-state index in [0.717, 1.165) is 8.95 Å². The molecule has 3 N–H and O–H groups in total. The van der Waals surface area contributed by atoms with Crippen molar-refractivity contribution in [2.24, 2.45) is 0 Å². The van der Waals surface area contributed by atoms with Gasteiger partial charge in [0.05, 0.1) is 5.69 Å². The Kier molecular flexibility index (Phi) is 3.43. The fourth-order valence-electron chi connectivity index (χ4n) is 1.13. The number of benzene rings is 1. The van der Waals surface area contributed by atoms with E-state index in [2.05, 4.69) is 52.1 Å². The van der Waals surface area contributed by atoms with Crippen LogP contribution in [0.25, 0.3) is 0 Å². The molecular weight excluding hydrogens is 356 g/mol. The van der Waals surface area contributed by atoms with Crippen LogP contribution in [-0.4, -0.2) is 16.2 Å². The Labute approximate surface area is 113 Å². The maximum Gasteiger partial charge on any atom is 0.281 e. The van der Waals surface area contributed by atoms with Crippen molar-refractivity contribution in [3.8, 4) is 0 Å². The standard InChI is InChI=1S/C9H6Br2N4O2/c10-4-1-2-6(5(11)3-4)13-9(16)7-8(12)15-17-14-7/h1-3H,(H2,12,15)(H,13,16). The summed E-state index contributed by atoms with van der Waals surface area (Å²) in [7, 11) is 0. The molecule has 2 aromatic rings. The van der Waals surface area contributed by atoms with Crippen LogP contribution in [0.5, 0.6) is 0 Å². The normalized spacial score (nSPS) is 10.2. The van der Waals surface area contributed by atoms with E-state index in [0.29, 0.717) is 5.69 Å². The largest absolute Gasteiger partial charge is 0.379 e. The molecule has 0 bridgehead atoms. The van der Waals surface area contributed by atoms with E-state index >= 15 is 0 Å². The van der Waals surface area contributed by atoms with Gasteiger partial charge < -0.3 is 11.1 Å². The molecule has 0 saturated carbocycles. The molecule has 0 saturated heterocycles. The molecule has 88 valence electrons. The molecule has 1 heterocycles. The summed E-state index contributed by atoms with van der Waals surface area (Å²) in [6.45, 7) is 0. The van der Waals surface area contributed by atoms with E-state index in [-0.39, 0.29) is 11.5 Å². The average molecular weight is 362 g/mol. The minimum atomic E-state index is -0.480. The number of aromatic nitrogens is 2. The van der Waals surface area contributed by atoms with Crippen LogP contribution in [0.1, 0.15) is 10.5 Å². The Bertz CT molecular complexity index is 570. The van der Waals surface area contributed by atoms with Gasteiger partial charge in [0.15, 0.2) is 0 Å². The van der Waals surface area contributed by atoms with Gasteiger partial charge in [-0.2, -0.15) is 0 Å². The summed E-state index contributed by atoms with van der Waals surface area (Å²) in [5.74, 6) is -0.525. The number of carbonyl (C=O) groups is 1. The van der Waals surface area contributed by atoms with Gasteiger partial charge in [-0.1, -0.05) is 15.9 Å². The summed E-state index contributed by atoms with van der Waals surface area (Å²) in [6.07, 6.45) is 0. The number of nitrogen functional groups attached to an aromatic ring is 1. The molecule has 1 aromatic heterocycles. The first kappa shape index (κ1) is 12.1. The second-order valence-electron chi connectivity index (χ2n) is 3.08. The summed E-state index contributed by atoms with van der Waals surface area (Å²) in [4.78, 5) is 11.7. The average Bonchev–Trinajstić information content (AvgIpc) is 2.68. The van der Waals surface area contributed by atoms with Gasteiger partial charge in [-0.25, -0.2) is 4.63 Å². The van der Waals surface area contributed by atoms with Gasteiger partial charge >= 0.3 is 0 Å². The van der Waals surface area contributed by atoms with Crippen molar-refractivity contribution < 1.29 is 9.42 Å². The molecule has 8 heteroatoms. The zero-order valence-electron chi connectivity index (χ0n) is 8.28. The van der Waals surface area contributed by atoms with Crippen LogP contribution >= 0.6 is 31.9 Å². The molecule has 0 radical (unpaired) electrons. The van der Waals surface area contributed by atoms with Crippen molar-refractivity contribution in [2.45, 2.75) is 0 Å². The molecule has 0 spiro atoms. The fraction of sp³-hybridized carbons (Fsp3) is 0. The number of hydrogen-bond acceptors (Lipinski definition) is 5. The molecule has 0 atom stereocenters. The lowest BCUT2D eigenvalue weighted by Gasteiger charge is -2.05. The van der Waals surface area contributed by atoms with E-state index in [1.54, 1.807) is 18.2 Å². The van der Waals surface area contributed by atoms with Crippen molar-refractivity contribution in [3.63, 3.8) is 0 Å². The zero-order valence-corrected chi connectivity index (χ0v) is 11.4. The monoisotopic (exact) mass is 360 g/mol. The fourth-order valence-corrected chi connectivity index (χ4v) is 2.27. The number of anilines is 2. The molecule has 0 aliphatic carbocycles. The SMILES string of the molecule is Nc1nonc1C(=O)Nc1ccc(Br)cc1Br. The third-order valence-corrected chi connectivity index (χ3v) is 3.06. The summed E-state index contributed by atoms with van der Waals surface area (Å²) >= 11 is 6.63. The van der Waals surface area contributed by atoms with Gasteiger partial charge in [0.25, 0.3) is 5.91 Å². The quantitative estimate of drug-likeness (QED) is 0.856. The van der Waals surface area contributed by atoms with Crippen molar-refractivity contribution in [1.29, 1.82) is 0 Å². The molecule has 1 aromatic carbocycles. The second-order valence-corrected chi connectivity index (χ2v) is 4.85. The maximum absolute atomic E-state index is 11.7. The predicted molar refractivity (Wildman–Crippen MR) is 68.5 cm³/mol. The topological polar surface area (TPSA) is 94.0 Å². The smallest absolute Gasteiger partial charge is 0.281 e. The van der Waals surface area contributed by atoms with E-state index in [9.17, 15) is 4.79 Å². The van der Waals surface area contributed by atoms with Crippen molar-refractivity contribution >= 4 is 49.3 Å². The van der Waals surface area contributed by atoms with E-state index in [4.69, 9.17) is 5.73 Å². The van der Waals surface area contributed by atoms with Crippen LogP contribution in [-0.2, 0) is 0 Å². The first-order valence-electron chi connectivity index (χ1n) is 4.42. The summed E-state index contributed by atoms with van der Waals surface area (Å²) in [5, 5.41) is 9.37. The highest BCUT2D eigenvalue weighted by atomic mass is 79.9. The Morgan fingerprint density at radius 1 is 1.35 bits per heavy atom. The number of nitrogens with two attached hydrogens (primary N) is 1. The molecule has 1 amide bonds. The molecule has 6 nitrogen and oxygen atoms in total. The van der Waals surface area contributed by atoms with Crippen LogP contribution in [0.3, 0.4) is 0 Å². The number of nitrogens with one attached hydrogen (secondary N) is 1. The Morgan fingerprint density at radius 3 is 2.71 bits per heavy atom. The summed E-state index contributed by atoms with van der Waals surface area (Å²) in [6, 6.07) is 5.33. The number of hydrogen-bond donors (Lipinski definition) is 2. The third-order valence-electron chi connectivity index (χ3n) is 1.91.